The van der Waals surface area contributed by atoms with Crippen LogP contribution in [0.1, 0.15) is 194 Å². The van der Waals surface area contributed by atoms with Crippen molar-refractivity contribution in [2.75, 3.05) is 13.2 Å². The van der Waals surface area contributed by atoms with Crippen LogP contribution >= 0.6 is 0 Å². The van der Waals surface area contributed by atoms with Gasteiger partial charge in [0.15, 0.2) is 6.10 Å². The van der Waals surface area contributed by atoms with Crippen LogP contribution in [0.3, 0.4) is 0 Å². The second-order valence-electron chi connectivity index (χ2n) is 16.4. The molecule has 0 rings (SSSR count). The number of allylic oxidation sites excluding steroid dienone is 24. The van der Waals surface area contributed by atoms with Gasteiger partial charge < -0.3 is 14.2 Å². The minimum atomic E-state index is -0.826. The van der Waals surface area contributed by atoms with Crippen molar-refractivity contribution >= 4 is 17.9 Å². The van der Waals surface area contributed by atoms with Gasteiger partial charge in [0.25, 0.3) is 0 Å². The Labute approximate surface area is 404 Å². The minimum Gasteiger partial charge on any atom is -0.462 e. The zero-order valence-corrected chi connectivity index (χ0v) is 41.9. The van der Waals surface area contributed by atoms with E-state index in [0.717, 1.165) is 122 Å². The van der Waals surface area contributed by atoms with Crippen molar-refractivity contribution in [2.24, 2.45) is 0 Å². The molecule has 0 amide bonds. The van der Waals surface area contributed by atoms with Crippen molar-refractivity contribution in [3.8, 4) is 0 Å². The van der Waals surface area contributed by atoms with Gasteiger partial charge in [-0.2, -0.15) is 0 Å². The molecule has 1 unspecified atom stereocenters. The molecule has 0 aromatic carbocycles. The maximum Gasteiger partial charge on any atom is 0.306 e. The molecule has 0 saturated heterocycles. The van der Waals surface area contributed by atoms with Gasteiger partial charge in [0, 0.05) is 19.3 Å². The van der Waals surface area contributed by atoms with Gasteiger partial charge in [0.05, 0.1) is 0 Å². The molecule has 0 saturated carbocycles. The maximum atomic E-state index is 12.8. The average molecular weight is 909 g/mol. The van der Waals surface area contributed by atoms with E-state index in [-0.39, 0.29) is 44.0 Å². The monoisotopic (exact) mass is 909 g/mol. The molecule has 0 fully saturated rings. The van der Waals surface area contributed by atoms with Crippen molar-refractivity contribution in [3.63, 3.8) is 0 Å². The summed E-state index contributed by atoms with van der Waals surface area (Å²) in [5.41, 5.74) is 0. The highest BCUT2D eigenvalue weighted by Crippen LogP contribution is 2.13. The standard InChI is InChI=1S/C60H92O6/c1-4-7-10-13-16-19-22-25-27-29-30-31-33-35-38-41-44-47-50-53-59(62)65-56-57(55-64-58(61)52-49-46-43-40-37-34-24-21-18-15-12-9-6-3)66-60(63)54-51-48-45-42-39-36-32-28-26-23-20-17-14-11-8-5-2/h7-12,15-21,24-28,30-31,34,37,40,43,57H,4-6,13-14,22-23,29,32-33,35-36,38-39,41-42,44-56H2,1-3H3/b10-7-,11-8-,12-9-,18-15-,19-16-,20-17-,24-21-,27-25-,28-26-,31-30-,37-34-,43-40-. The molecule has 0 aromatic rings. The van der Waals surface area contributed by atoms with Crippen molar-refractivity contribution in [3.05, 3.63) is 146 Å². The fraction of sp³-hybridized carbons (Fsp3) is 0.550. The second-order valence-corrected chi connectivity index (χ2v) is 16.4. The first-order valence-electron chi connectivity index (χ1n) is 25.9. The summed E-state index contributed by atoms with van der Waals surface area (Å²) in [7, 11) is 0. The topological polar surface area (TPSA) is 78.9 Å². The molecule has 0 N–H and O–H groups in total. The van der Waals surface area contributed by atoms with E-state index in [9.17, 15) is 14.4 Å². The predicted octanol–water partition coefficient (Wildman–Crippen LogP) is 17.3. The molecule has 66 heavy (non-hydrogen) atoms. The number of carbonyl (C=O) groups excluding carboxylic acids is 3. The van der Waals surface area contributed by atoms with Gasteiger partial charge in [-0.25, -0.2) is 0 Å². The lowest BCUT2D eigenvalue weighted by Gasteiger charge is -2.18. The third-order valence-corrected chi connectivity index (χ3v) is 10.2. The Morgan fingerprint density at radius 2 is 0.636 bits per heavy atom. The van der Waals surface area contributed by atoms with Crippen molar-refractivity contribution in [1.29, 1.82) is 0 Å². The summed E-state index contributed by atoms with van der Waals surface area (Å²) in [4.78, 5) is 38.0. The van der Waals surface area contributed by atoms with Crippen molar-refractivity contribution in [2.45, 2.75) is 200 Å². The van der Waals surface area contributed by atoms with E-state index in [0.29, 0.717) is 12.8 Å². The highest BCUT2D eigenvalue weighted by atomic mass is 16.6. The van der Waals surface area contributed by atoms with Crippen LogP contribution in [0.4, 0.5) is 0 Å². The maximum absolute atomic E-state index is 12.8. The molecule has 0 heterocycles. The van der Waals surface area contributed by atoms with Gasteiger partial charge in [-0.3, -0.25) is 14.4 Å². The summed E-state index contributed by atoms with van der Waals surface area (Å²) in [6.45, 7) is 6.16. The lowest BCUT2D eigenvalue weighted by atomic mass is 10.1. The number of ether oxygens (including phenoxy) is 3. The number of carbonyl (C=O) groups is 3. The van der Waals surface area contributed by atoms with Gasteiger partial charge in [-0.15, -0.1) is 0 Å². The number of hydrogen-bond donors (Lipinski definition) is 0. The summed E-state index contributed by atoms with van der Waals surface area (Å²) in [6, 6.07) is 0. The van der Waals surface area contributed by atoms with Gasteiger partial charge in [-0.05, 0) is 103 Å². The van der Waals surface area contributed by atoms with Crippen LogP contribution in [0.5, 0.6) is 0 Å². The molecule has 0 aliphatic rings. The lowest BCUT2D eigenvalue weighted by Crippen LogP contribution is -2.30. The molecule has 0 aromatic heterocycles. The first kappa shape index (κ1) is 61.3. The predicted molar refractivity (Wildman–Crippen MR) is 283 cm³/mol. The summed E-state index contributed by atoms with van der Waals surface area (Å²) < 4.78 is 16.7. The van der Waals surface area contributed by atoms with E-state index >= 15 is 0 Å². The first-order valence-corrected chi connectivity index (χ1v) is 25.9. The Kier molecular flexibility index (Phi) is 49.1. The molecule has 0 radical (unpaired) electrons. The molecular formula is C60H92O6. The number of rotatable bonds is 44. The third kappa shape index (κ3) is 50.3. The SMILES string of the molecule is CC\C=C/C=C\C=C/C=C\C=C/CCCC(=O)OCC(COC(=O)CCCCCCCC/C=C\C/C=C\C/C=C\C/C=C\CC)OC(=O)CCCCCCCC/C=C\C/C=C\C/C=C\CC. The highest BCUT2D eigenvalue weighted by molar-refractivity contribution is 5.71. The normalized spacial score (nSPS) is 13.3. The van der Waals surface area contributed by atoms with Crippen LogP contribution in [0.2, 0.25) is 0 Å². The van der Waals surface area contributed by atoms with Crippen LogP contribution in [-0.2, 0) is 28.6 Å². The Morgan fingerprint density at radius 1 is 0.318 bits per heavy atom. The zero-order valence-electron chi connectivity index (χ0n) is 41.9. The highest BCUT2D eigenvalue weighted by Gasteiger charge is 2.19. The summed E-state index contributed by atoms with van der Waals surface area (Å²) >= 11 is 0. The summed E-state index contributed by atoms with van der Waals surface area (Å²) in [5.74, 6) is -1.03. The van der Waals surface area contributed by atoms with E-state index in [1.165, 1.54) is 25.7 Å². The number of unbranched alkanes of at least 4 members (excludes halogenated alkanes) is 13. The molecular weight excluding hydrogens is 817 g/mol. The fourth-order valence-electron chi connectivity index (χ4n) is 6.42. The molecule has 0 spiro atoms. The van der Waals surface area contributed by atoms with E-state index < -0.39 is 6.10 Å². The molecule has 0 aliphatic heterocycles. The lowest BCUT2D eigenvalue weighted by molar-refractivity contribution is -0.167. The third-order valence-electron chi connectivity index (χ3n) is 10.2. The van der Waals surface area contributed by atoms with Gasteiger partial charge in [-0.1, -0.05) is 218 Å². The quantitative estimate of drug-likeness (QED) is 0.0199. The van der Waals surface area contributed by atoms with Crippen molar-refractivity contribution < 1.29 is 28.6 Å². The van der Waals surface area contributed by atoms with E-state index in [1.807, 2.05) is 54.7 Å². The Hall–Kier alpha value is -4.71. The molecule has 0 aliphatic carbocycles. The molecule has 6 heteroatoms. The van der Waals surface area contributed by atoms with E-state index in [1.54, 1.807) is 0 Å². The van der Waals surface area contributed by atoms with Crippen molar-refractivity contribution in [1.82, 2.24) is 0 Å². The van der Waals surface area contributed by atoms with Crippen LogP contribution in [0, 0.1) is 0 Å². The Balaban J connectivity index is 4.54. The first-order chi connectivity index (χ1) is 32.5. The fourth-order valence-corrected chi connectivity index (χ4v) is 6.42. The Morgan fingerprint density at radius 3 is 1.08 bits per heavy atom. The second kappa shape index (κ2) is 52.9. The molecule has 0 bridgehead atoms. The van der Waals surface area contributed by atoms with Crippen LogP contribution in [-0.4, -0.2) is 37.2 Å². The van der Waals surface area contributed by atoms with E-state index in [2.05, 4.69) is 112 Å². The molecule has 6 nitrogen and oxygen atoms in total. The van der Waals surface area contributed by atoms with Gasteiger partial charge in [0.1, 0.15) is 13.2 Å². The average Bonchev–Trinajstić information content (AvgIpc) is 3.31. The zero-order chi connectivity index (χ0) is 47.9. The van der Waals surface area contributed by atoms with Crippen LogP contribution < -0.4 is 0 Å². The summed E-state index contributed by atoms with van der Waals surface area (Å²) in [6.07, 6.45) is 75.5. The minimum absolute atomic E-state index is 0.120. The largest absolute Gasteiger partial charge is 0.462 e. The van der Waals surface area contributed by atoms with Crippen LogP contribution in [0.15, 0.2) is 146 Å². The van der Waals surface area contributed by atoms with Gasteiger partial charge in [0.2, 0.25) is 0 Å². The molecule has 1 atom stereocenters. The van der Waals surface area contributed by atoms with E-state index in [4.69, 9.17) is 14.2 Å². The van der Waals surface area contributed by atoms with Gasteiger partial charge >= 0.3 is 17.9 Å². The summed E-state index contributed by atoms with van der Waals surface area (Å²) in [5, 5.41) is 0. The van der Waals surface area contributed by atoms with Crippen LogP contribution in [0.25, 0.3) is 0 Å². The number of esters is 3. The Bertz CT molecular complexity index is 1510. The molecule has 368 valence electrons. The smallest absolute Gasteiger partial charge is 0.306 e. The number of hydrogen-bond acceptors (Lipinski definition) is 6.